The molecule has 0 radical (unpaired) electrons. The Morgan fingerprint density at radius 1 is 1.00 bits per heavy atom. The standard InChI is InChI=1S/C16H24N2O2/c1-10-2-3-13(16(17)20)9-18(10)15(19)8-14(11-4-5-11)12-6-7-12/h8,10-13H,2-7,9H2,1H3,(H2,17,20). The first kappa shape index (κ1) is 13.7. The summed E-state index contributed by atoms with van der Waals surface area (Å²) in [6.07, 6.45) is 8.54. The van der Waals surface area contributed by atoms with Crippen molar-refractivity contribution in [3.63, 3.8) is 0 Å². The van der Waals surface area contributed by atoms with E-state index in [4.69, 9.17) is 5.73 Å². The zero-order valence-corrected chi connectivity index (χ0v) is 12.2. The molecule has 110 valence electrons. The van der Waals surface area contributed by atoms with Gasteiger partial charge in [-0.15, -0.1) is 0 Å². The predicted molar refractivity (Wildman–Crippen MR) is 76.6 cm³/mol. The van der Waals surface area contributed by atoms with Gasteiger partial charge in [0.1, 0.15) is 0 Å². The van der Waals surface area contributed by atoms with Crippen molar-refractivity contribution in [2.45, 2.75) is 51.5 Å². The summed E-state index contributed by atoms with van der Waals surface area (Å²) in [5, 5.41) is 0. The van der Waals surface area contributed by atoms with E-state index in [9.17, 15) is 9.59 Å². The van der Waals surface area contributed by atoms with Gasteiger partial charge in [-0.3, -0.25) is 9.59 Å². The first-order valence-corrected chi connectivity index (χ1v) is 7.87. The van der Waals surface area contributed by atoms with Crippen LogP contribution in [0.5, 0.6) is 0 Å². The first-order chi connectivity index (χ1) is 9.56. The summed E-state index contributed by atoms with van der Waals surface area (Å²) in [4.78, 5) is 25.8. The molecule has 2 N–H and O–H groups in total. The van der Waals surface area contributed by atoms with Crippen molar-refractivity contribution in [3.8, 4) is 0 Å². The van der Waals surface area contributed by atoms with E-state index >= 15 is 0 Å². The monoisotopic (exact) mass is 276 g/mol. The molecule has 0 spiro atoms. The zero-order valence-electron chi connectivity index (χ0n) is 12.2. The van der Waals surface area contributed by atoms with Crippen molar-refractivity contribution >= 4 is 11.8 Å². The Bertz CT molecular complexity index is 435. The van der Waals surface area contributed by atoms with Crippen molar-refractivity contribution in [2.75, 3.05) is 6.54 Å². The number of carbonyl (C=O) groups is 2. The molecule has 0 aromatic heterocycles. The lowest BCUT2D eigenvalue weighted by Crippen LogP contribution is -2.48. The van der Waals surface area contributed by atoms with Crippen molar-refractivity contribution in [1.82, 2.24) is 4.90 Å². The molecule has 3 aliphatic rings. The molecule has 3 rings (SSSR count). The van der Waals surface area contributed by atoms with E-state index < -0.39 is 0 Å². The first-order valence-electron chi connectivity index (χ1n) is 7.87. The molecule has 0 aromatic rings. The molecule has 2 saturated carbocycles. The molecular formula is C16H24N2O2. The van der Waals surface area contributed by atoms with E-state index in [0.717, 1.165) is 12.8 Å². The SMILES string of the molecule is CC1CCC(C(N)=O)CN1C(=O)C=C(C1CC1)C1CC1. The van der Waals surface area contributed by atoms with Crippen LogP contribution in [-0.2, 0) is 9.59 Å². The maximum atomic E-state index is 12.5. The van der Waals surface area contributed by atoms with Gasteiger partial charge in [-0.1, -0.05) is 5.57 Å². The van der Waals surface area contributed by atoms with Crippen LogP contribution in [0.15, 0.2) is 11.6 Å². The Morgan fingerprint density at radius 2 is 1.55 bits per heavy atom. The van der Waals surface area contributed by atoms with E-state index in [1.54, 1.807) is 0 Å². The molecule has 1 heterocycles. The molecule has 3 fully saturated rings. The summed E-state index contributed by atoms with van der Waals surface area (Å²) in [6, 6.07) is 0.217. The highest BCUT2D eigenvalue weighted by Crippen LogP contribution is 2.48. The lowest BCUT2D eigenvalue weighted by Gasteiger charge is -2.36. The van der Waals surface area contributed by atoms with Gasteiger partial charge in [0.2, 0.25) is 11.8 Å². The van der Waals surface area contributed by atoms with Crippen LogP contribution in [0.25, 0.3) is 0 Å². The summed E-state index contributed by atoms with van der Waals surface area (Å²) in [5.41, 5.74) is 6.78. The second-order valence-electron chi connectivity index (χ2n) is 6.71. The Kier molecular flexibility index (Phi) is 3.57. The maximum absolute atomic E-state index is 12.5. The van der Waals surface area contributed by atoms with Crippen LogP contribution in [0.4, 0.5) is 0 Å². The second-order valence-corrected chi connectivity index (χ2v) is 6.71. The van der Waals surface area contributed by atoms with Crippen LogP contribution < -0.4 is 5.73 Å². The molecule has 1 saturated heterocycles. The third-order valence-corrected chi connectivity index (χ3v) is 4.96. The normalized spacial score (nSPS) is 29.9. The van der Waals surface area contributed by atoms with Crippen LogP contribution in [-0.4, -0.2) is 29.3 Å². The minimum atomic E-state index is -0.275. The van der Waals surface area contributed by atoms with Crippen molar-refractivity contribution in [1.29, 1.82) is 0 Å². The smallest absolute Gasteiger partial charge is 0.246 e. The van der Waals surface area contributed by atoms with Gasteiger partial charge in [-0.25, -0.2) is 0 Å². The molecule has 2 aliphatic carbocycles. The number of allylic oxidation sites excluding steroid dienone is 1. The fourth-order valence-electron chi connectivity index (χ4n) is 3.27. The average molecular weight is 276 g/mol. The highest BCUT2D eigenvalue weighted by Gasteiger charge is 2.38. The fourth-order valence-corrected chi connectivity index (χ4v) is 3.27. The number of hydrogen-bond acceptors (Lipinski definition) is 2. The number of primary amides is 1. The summed E-state index contributed by atoms with van der Waals surface area (Å²) >= 11 is 0. The van der Waals surface area contributed by atoms with Gasteiger partial charge in [-0.2, -0.15) is 0 Å². The number of piperidine rings is 1. The van der Waals surface area contributed by atoms with Gasteiger partial charge in [0.25, 0.3) is 0 Å². The summed E-state index contributed by atoms with van der Waals surface area (Å²) in [5.74, 6) is 0.978. The van der Waals surface area contributed by atoms with Crippen molar-refractivity contribution in [2.24, 2.45) is 23.5 Å². The predicted octanol–water partition coefficient (Wildman–Crippen LogP) is 1.85. The maximum Gasteiger partial charge on any atom is 0.246 e. The van der Waals surface area contributed by atoms with Crippen LogP contribution >= 0.6 is 0 Å². The zero-order chi connectivity index (χ0) is 14.3. The molecule has 0 bridgehead atoms. The Balaban J connectivity index is 1.71. The summed E-state index contributed by atoms with van der Waals surface area (Å²) in [7, 11) is 0. The fraction of sp³-hybridized carbons (Fsp3) is 0.750. The number of nitrogens with two attached hydrogens (primary N) is 1. The van der Waals surface area contributed by atoms with E-state index in [0.29, 0.717) is 18.4 Å². The van der Waals surface area contributed by atoms with Gasteiger partial charge in [0, 0.05) is 18.7 Å². The third-order valence-electron chi connectivity index (χ3n) is 4.96. The Hall–Kier alpha value is -1.32. The molecule has 1 aliphatic heterocycles. The number of hydrogen-bond donors (Lipinski definition) is 1. The molecular weight excluding hydrogens is 252 g/mol. The van der Waals surface area contributed by atoms with E-state index in [2.05, 4.69) is 6.92 Å². The lowest BCUT2D eigenvalue weighted by molar-refractivity contribution is -0.133. The molecule has 4 nitrogen and oxygen atoms in total. The van der Waals surface area contributed by atoms with Crippen LogP contribution in [0.1, 0.15) is 45.4 Å². The highest BCUT2D eigenvalue weighted by molar-refractivity contribution is 5.89. The van der Waals surface area contributed by atoms with Gasteiger partial charge in [0.05, 0.1) is 5.92 Å². The Labute approximate surface area is 120 Å². The number of nitrogens with zero attached hydrogens (tertiary/aromatic N) is 1. The summed E-state index contributed by atoms with van der Waals surface area (Å²) in [6.45, 7) is 2.56. The van der Waals surface area contributed by atoms with Crippen molar-refractivity contribution < 1.29 is 9.59 Å². The van der Waals surface area contributed by atoms with Gasteiger partial charge >= 0.3 is 0 Å². The van der Waals surface area contributed by atoms with Crippen LogP contribution in [0.2, 0.25) is 0 Å². The minimum Gasteiger partial charge on any atom is -0.369 e. The lowest BCUT2D eigenvalue weighted by atomic mass is 9.92. The highest BCUT2D eigenvalue weighted by atomic mass is 16.2. The number of rotatable bonds is 4. The van der Waals surface area contributed by atoms with Gasteiger partial charge in [-0.05, 0) is 57.3 Å². The largest absolute Gasteiger partial charge is 0.369 e. The molecule has 2 amide bonds. The topological polar surface area (TPSA) is 63.4 Å². The van der Waals surface area contributed by atoms with Crippen LogP contribution in [0.3, 0.4) is 0 Å². The minimum absolute atomic E-state index is 0.0947. The molecule has 2 atom stereocenters. The number of likely N-dealkylation sites (tertiary alicyclic amines) is 1. The quantitative estimate of drug-likeness (QED) is 0.796. The van der Waals surface area contributed by atoms with E-state index in [1.165, 1.54) is 31.3 Å². The Morgan fingerprint density at radius 3 is 2.05 bits per heavy atom. The van der Waals surface area contributed by atoms with Gasteiger partial charge in [0.15, 0.2) is 0 Å². The molecule has 4 heteroatoms. The average Bonchev–Trinajstić information content (AvgIpc) is 3.28. The van der Waals surface area contributed by atoms with E-state index in [1.807, 2.05) is 11.0 Å². The summed E-state index contributed by atoms with van der Waals surface area (Å²) < 4.78 is 0. The van der Waals surface area contributed by atoms with Crippen LogP contribution in [0, 0.1) is 17.8 Å². The number of carbonyl (C=O) groups excluding carboxylic acids is 2. The number of amides is 2. The van der Waals surface area contributed by atoms with Gasteiger partial charge < -0.3 is 10.6 Å². The molecule has 2 unspecified atom stereocenters. The second kappa shape index (κ2) is 5.23. The van der Waals surface area contributed by atoms with E-state index in [-0.39, 0.29) is 23.8 Å². The third kappa shape index (κ3) is 2.89. The molecule has 0 aromatic carbocycles. The molecule has 20 heavy (non-hydrogen) atoms. The van der Waals surface area contributed by atoms with Crippen molar-refractivity contribution in [3.05, 3.63) is 11.6 Å².